The smallest absolute Gasteiger partial charge is 0.272 e. The number of amides is 2. The van der Waals surface area contributed by atoms with Gasteiger partial charge in [0, 0.05) is 11.5 Å². The van der Waals surface area contributed by atoms with Crippen LogP contribution in [0, 0.1) is 0 Å². The minimum absolute atomic E-state index is 0.228. The van der Waals surface area contributed by atoms with Crippen LogP contribution < -0.4 is 0 Å². The van der Waals surface area contributed by atoms with Gasteiger partial charge >= 0.3 is 0 Å². The highest BCUT2D eigenvalue weighted by atomic mass is 79.9. The van der Waals surface area contributed by atoms with Gasteiger partial charge in [0.25, 0.3) is 11.1 Å². The second kappa shape index (κ2) is 4.43. The van der Waals surface area contributed by atoms with Gasteiger partial charge in [0.15, 0.2) is 0 Å². The van der Waals surface area contributed by atoms with Gasteiger partial charge in [-0.1, -0.05) is 28.1 Å². The van der Waals surface area contributed by atoms with E-state index in [1.807, 2.05) is 24.3 Å². The summed E-state index contributed by atoms with van der Waals surface area (Å²) in [6, 6.07) is 7.55. The van der Waals surface area contributed by atoms with E-state index in [-0.39, 0.29) is 11.1 Å². The summed E-state index contributed by atoms with van der Waals surface area (Å²) in [7, 11) is 1.49. The zero-order chi connectivity index (χ0) is 11.7. The summed E-state index contributed by atoms with van der Waals surface area (Å²) in [5.41, 5.74) is 0.905. The Morgan fingerprint density at radius 2 is 1.88 bits per heavy atom. The molecule has 0 unspecified atom stereocenters. The summed E-state index contributed by atoms with van der Waals surface area (Å²) >= 11 is 4.30. The monoisotopic (exact) mass is 297 g/mol. The first-order valence-electron chi connectivity index (χ1n) is 4.55. The van der Waals surface area contributed by atoms with Crippen molar-refractivity contribution in [3.8, 4) is 0 Å². The quantitative estimate of drug-likeness (QED) is 0.748. The Morgan fingerprint density at radius 1 is 1.25 bits per heavy atom. The summed E-state index contributed by atoms with van der Waals surface area (Å²) in [4.78, 5) is 24.4. The number of imide groups is 1. The first-order chi connectivity index (χ1) is 7.58. The Kier molecular flexibility index (Phi) is 3.16. The molecule has 82 valence electrons. The lowest BCUT2D eigenvalue weighted by molar-refractivity contribution is -0.121. The number of halogens is 1. The van der Waals surface area contributed by atoms with E-state index in [9.17, 15) is 9.59 Å². The third-order valence-corrected chi connectivity index (χ3v) is 3.64. The average Bonchev–Trinajstić information content (AvgIpc) is 2.50. The third-order valence-electron chi connectivity index (χ3n) is 2.15. The lowest BCUT2D eigenvalue weighted by Crippen LogP contribution is -2.22. The first-order valence-corrected chi connectivity index (χ1v) is 6.16. The standard InChI is InChI=1S/C11H8BrNO2S/c1-13-10(14)9(16-11(13)15)6-7-2-4-8(12)5-3-7/h2-6H,1H3/b9-6-. The summed E-state index contributed by atoms with van der Waals surface area (Å²) in [6.45, 7) is 0. The van der Waals surface area contributed by atoms with Gasteiger partial charge in [-0.05, 0) is 35.5 Å². The van der Waals surface area contributed by atoms with Crippen molar-refractivity contribution in [2.24, 2.45) is 0 Å². The van der Waals surface area contributed by atoms with Crippen LogP contribution in [0.15, 0.2) is 33.6 Å². The largest absolute Gasteiger partial charge is 0.293 e. The van der Waals surface area contributed by atoms with E-state index >= 15 is 0 Å². The molecule has 1 saturated heterocycles. The van der Waals surface area contributed by atoms with Gasteiger partial charge in [-0.2, -0.15) is 0 Å². The highest BCUT2D eigenvalue weighted by Gasteiger charge is 2.31. The van der Waals surface area contributed by atoms with Crippen molar-refractivity contribution in [3.63, 3.8) is 0 Å². The lowest BCUT2D eigenvalue weighted by Gasteiger charge is -2.00. The van der Waals surface area contributed by atoms with Gasteiger partial charge in [0.1, 0.15) is 0 Å². The molecule has 0 bridgehead atoms. The van der Waals surface area contributed by atoms with Crippen LogP contribution >= 0.6 is 27.7 Å². The van der Waals surface area contributed by atoms with E-state index in [0.29, 0.717) is 4.91 Å². The van der Waals surface area contributed by atoms with Gasteiger partial charge in [-0.15, -0.1) is 0 Å². The molecule has 1 heterocycles. The minimum Gasteiger partial charge on any atom is -0.272 e. The summed E-state index contributed by atoms with van der Waals surface area (Å²) < 4.78 is 0.980. The van der Waals surface area contributed by atoms with Crippen molar-refractivity contribution in [1.29, 1.82) is 0 Å². The summed E-state index contributed by atoms with van der Waals surface area (Å²) in [5, 5.41) is -0.228. The highest BCUT2D eigenvalue weighted by Crippen LogP contribution is 2.30. The normalized spacial score (nSPS) is 18.6. The Labute approximate surface area is 106 Å². The fourth-order valence-corrected chi connectivity index (χ4v) is 2.35. The molecule has 0 aromatic heterocycles. The molecule has 0 spiro atoms. The van der Waals surface area contributed by atoms with Crippen LogP contribution in [0.5, 0.6) is 0 Å². The third kappa shape index (κ3) is 2.20. The molecule has 0 atom stereocenters. The number of hydrogen-bond acceptors (Lipinski definition) is 3. The number of hydrogen-bond donors (Lipinski definition) is 0. The first kappa shape index (κ1) is 11.4. The number of carbonyl (C=O) groups excluding carboxylic acids is 2. The van der Waals surface area contributed by atoms with Crippen molar-refractivity contribution in [2.45, 2.75) is 0 Å². The summed E-state index contributed by atoms with van der Waals surface area (Å²) in [5.74, 6) is -0.238. The van der Waals surface area contributed by atoms with Crippen molar-refractivity contribution in [2.75, 3.05) is 7.05 Å². The maximum Gasteiger partial charge on any atom is 0.293 e. The van der Waals surface area contributed by atoms with E-state index in [0.717, 1.165) is 26.7 Å². The van der Waals surface area contributed by atoms with E-state index in [1.165, 1.54) is 7.05 Å². The molecule has 1 aromatic carbocycles. The molecule has 2 amide bonds. The van der Waals surface area contributed by atoms with E-state index < -0.39 is 0 Å². The molecule has 1 aliphatic rings. The minimum atomic E-state index is -0.238. The molecular weight excluding hydrogens is 290 g/mol. The molecule has 1 fully saturated rings. The second-order valence-electron chi connectivity index (χ2n) is 3.29. The van der Waals surface area contributed by atoms with Crippen LogP contribution in [0.2, 0.25) is 0 Å². The van der Waals surface area contributed by atoms with Crippen LogP contribution in [0.25, 0.3) is 6.08 Å². The lowest BCUT2D eigenvalue weighted by atomic mass is 10.2. The molecule has 0 N–H and O–H groups in total. The van der Waals surface area contributed by atoms with Gasteiger partial charge < -0.3 is 0 Å². The van der Waals surface area contributed by atoms with Gasteiger partial charge in [-0.3, -0.25) is 14.5 Å². The molecule has 5 heteroatoms. The van der Waals surface area contributed by atoms with Crippen LogP contribution in [-0.4, -0.2) is 23.1 Å². The Hall–Kier alpha value is -1.07. The molecule has 0 saturated carbocycles. The van der Waals surface area contributed by atoms with Crippen LogP contribution in [0.1, 0.15) is 5.56 Å². The Bertz CT molecular complexity index is 481. The predicted octanol–water partition coefficient (Wildman–Crippen LogP) is 3.12. The fraction of sp³-hybridized carbons (Fsp3) is 0.0909. The number of likely N-dealkylation sites (N-methyl/N-ethyl adjacent to an activating group) is 1. The number of nitrogens with zero attached hydrogens (tertiary/aromatic N) is 1. The van der Waals surface area contributed by atoms with Crippen LogP contribution in [0.3, 0.4) is 0 Å². The Balaban J connectivity index is 2.29. The number of thioether (sulfide) groups is 1. The Morgan fingerprint density at radius 3 is 2.38 bits per heavy atom. The molecule has 2 rings (SSSR count). The van der Waals surface area contributed by atoms with Crippen LogP contribution in [0.4, 0.5) is 4.79 Å². The average molecular weight is 298 g/mol. The SMILES string of the molecule is CN1C(=O)S/C(=C\c2ccc(Br)cc2)C1=O. The number of rotatable bonds is 1. The van der Waals surface area contributed by atoms with Crippen LogP contribution in [-0.2, 0) is 4.79 Å². The molecular formula is C11H8BrNO2S. The second-order valence-corrected chi connectivity index (χ2v) is 5.20. The summed E-state index contributed by atoms with van der Waals surface area (Å²) in [6.07, 6.45) is 1.72. The van der Waals surface area contributed by atoms with E-state index in [2.05, 4.69) is 15.9 Å². The maximum atomic E-state index is 11.6. The van der Waals surface area contributed by atoms with E-state index in [1.54, 1.807) is 6.08 Å². The molecule has 1 aliphatic heterocycles. The maximum absolute atomic E-state index is 11.6. The van der Waals surface area contributed by atoms with Crippen molar-refractivity contribution in [3.05, 3.63) is 39.2 Å². The van der Waals surface area contributed by atoms with Crippen molar-refractivity contribution in [1.82, 2.24) is 4.90 Å². The number of benzene rings is 1. The zero-order valence-electron chi connectivity index (χ0n) is 8.44. The predicted molar refractivity (Wildman–Crippen MR) is 67.9 cm³/mol. The van der Waals surface area contributed by atoms with Crippen molar-refractivity contribution >= 4 is 44.9 Å². The van der Waals surface area contributed by atoms with Crippen molar-refractivity contribution < 1.29 is 9.59 Å². The van der Waals surface area contributed by atoms with Gasteiger partial charge in [0.2, 0.25) is 0 Å². The fourth-order valence-electron chi connectivity index (χ4n) is 1.26. The molecule has 3 nitrogen and oxygen atoms in total. The highest BCUT2D eigenvalue weighted by molar-refractivity contribution is 9.10. The number of carbonyl (C=O) groups is 2. The van der Waals surface area contributed by atoms with Gasteiger partial charge in [-0.25, -0.2) is 0 Å². The topological polar surface area (TPSA) is 37.4 Å². The van der Waals surface area contributed by atoms with Gasteiger partial charge in [0.05, 0.1) is 4.91 Å². The molecule has 1 aromatic rings. The zero-order valence-corrected chi connectivity index (χ0v) is 10.8. The molecule has 16 heavy (non-hydrogen) atoms. The van der Waals surface area contributed by atoms with E-state index in [4.69, 9.17) is 0 Å². The molecule has 0 aliphatic carbocycles. The molecule has 0 radical (unpaired) electrons.